The minimum absolute atomic E-state index is 0.176. The first-order chi connectivity index (χ1) is 11.1. The first-order valence-corrected chi connectivity index (χ1v) is 7.21. The number of carbonyl (C=O) groups is 1. The number of para-hydroxylation sites is 1. The Morgan fingerprint density at radius 1 is 1.09 bits per heavy atom. The fraction of sp³-hybridized carbons (Fsp3) is 0.167. The standard InChI is InChI=1S/C18H18N2O3/c1-20-11-14(13-6-4-5-7-16(13)20)18(21)19-15-9-8-12(22-2)10-17(15)23-3/h4-11H,1-3H3,(H,19,21). The molecule has 0 unspecified atom stereocenters. The van der Waals surface area contributed by atoms with E-state index in [2.05, 4.69) is 5.32 Å². The number of nitrogens with zero attached hydrogens (tertiary/aromatic N) is 1. The summed E-state index contributed by atoms with van der Waals surface area (Å²) in [5.74, 6) is 1.05. The Bertz CT molecular complexity index is 868. The van der Waals surface area contributed by atoms with Crippen LogP contribution in [0.5, 0.6) is 11.5 Å². The van der Waals surface area contributed by atoms with E-state index in [1.807, 2.05) is 42.1 Å². The molecule has 0 saturated carbocycles. The van der Waals surface area contributed by atoms with Crippen molar-refractivity contribution >= 4 is 22.5 Å². The third-order valence-electron chi connectivity index (χ3n) is 3.80. The fourth-order valence-electron chi connectivity index (χ4n) is 2.61. The summed E-state index contributed by atoms with van der Waals surface area (Å²) >= 11 is 0. The van der Waals surface area contributed by atoms with Crippen molar-refractivity contribution in [2.45, 2.75) is 0 Å². The van der Waals surface area contributed by atoms with Gasteiger partial charge in [0.1, 0.15) is 11.5 Å². The van der Waals surface area contributed by atoms with Gasteiger partial charge in [0.05, 0.1) is 25.5 Å². The van der Waals surface area contributed by atoms with Crippen molar-refractivity contribution in [1.29, 1.82) is 0 Å². The molecule has 1 heterocycles. The highest BCUT2D eigenvalue weighted by Crippen LogP contribution is 2.30. The molecule has 0 atom stereocenters. The van der Waals surface area contributed by atoms with Crippen LogP contribution in [0.2, 0.25) is 0 Å². The molecule has 118 valence electrons. The van der Waals surface area contributed by atoms with Gasteiger partial charge in [-0.25, -0.2) is 0 Å². The Balaban J connectivity index is 1.95. The van der Waals surface area contributed by atoms with Crippen molar-refractivity contribution in [2.24, 2.45) is 7.05 Å². The summed E-state index contributed by atoms with van der Waals surface area (Å²) in [5.41, 5.74) is 2.24. The first kappa shape index (κ1) is 15.0. The number of aromatic nitrogens is 1. The van der Waals surface area contributed by atoms with Gasteiger partial charge in [-0.2, -0.15) is 0 Å². The van der Waals surface area contributed by atoms with Gasteiger partial charge < -0.3 is 19.4 Å². The van der Waals surface area contributed by atoms with E-state index in [0.29, 0.717) is 22.7 Å². The highest BCUT2D eigenvalue weighted by Gasteiger charge is 2.15. The number of aryl methyl sites for hydroxylation is 1. The molecule has 2 aromatic carbocycles. The van der Waals surface area contributed by atoms with Gasteiger partial charge >= 0.3 is 0 Å². The van der Waals surface area contributed by atoms with Crippen LogP contribution < -0.4 is 14.8 Å². The summed E-state index contributed by atoms with van der Waals surface area (Å²) in [6, 6.07) is 13.1. The minimum atomic E-state index is -0.176. The number of hydrogen-bond donors (Lipinski definition) is 1. The molecule has 0 fully saturated rings. The minimum Gasteiger partial charge on any atom is -0.497 e. The van der Waals surface area contributed by atoms with Crippen LogP contribution in [0.4, 0.5) is 5.69 Å². The lowest BCUT2D eigenvalue weighted by atomic mass is 10.1. The number of methoxy groups -OCH3 is 2. The molecular formula is C18H18N2O3. The average Bonchev–Trinajstić information content (AvgIpc) is 2.92. The second kappa shape index (κ2) is 6.04. The van der Waals surface area contributed by atoms with Crippen molar-refractivity contribution in [3.05, 3.63) is 54.2 Å². The summed E-state index contributed by atoms with van der Waals surface area (Å²) in [4.78, 5) is 12.7. The molecule has 3 rings (SSSR count). The Kier molecular flexibility index (Phi) is 3.93. The third kappa shape index (κ3) is 2.73. The fourth-order valence-corrected chi connectivity index (χ4v) is 2.61. The Hall–Kier alpha value is -2.95. The predicted octanol–water partition coefficient (Wildman–Crippen LogP) is 3.45. The normalized spacial score (nSPS) is 10.6. The molecule has 0 radical (unpaired) electrons. The summed E-state index contributed by atoms with van der Waals surface area (Å²) in [6.07, 6.45) is 1.83. The molecule has 0 bridgehead atoms. The lowest BCUT2D eigenvalue weighted by Crippen LogP contribution is -2.12. The summed E-state index contributed by atoms with van der Waals surface area (Å²) in [7, 11) is 5.07. The van der Waals surface area contributed by atoms with Crippen LogP contribution in [-0.4, -0.2) is 24.7 Å². The number of amides is 1. The van der Waals surface area contributed by atoms with Crippen LogP contribution in [0.15, 0.2) is 48.7 Å². The van der Waals surface area contributed by atoms with Crippen LogP contribution in [0.25, 0.3) is 10.9 Å². The molecule has 0 spiro atoms. The van der Waals surface area contributed by atoms with Crippen LogP contribution in [0.3, 0.4) is 0 Å². The number of ether oxygens (including phenoxy) is 2. The lowest BCUT2D eigenvalue weighted by molar-refractivity contribution is 0.102. The van der Waals surface area contributed by atoms with Crippen molar-refractivity contribution in [1.82, 2.24) is 4.57 Å². The van der Waals surface area contributed by atoms with Gasteiger partial charge in [0.15, 0.2) is 0 Å². The zero-order valence-electron chi connectivity index (χ0n) is 13.3. The van der Waals surface area contributed by atoms with Gasteiger partial charge in [-0.1, -0.05) is 18.2 Å². The van der Waals surface area contributed by atoms with Gasteiger partial charge in [-0.05, 0) is 18.2 Å². The number of fused-ring (bicyclic) bond motifs is 1. The van der Waals surface area contributed by atoms with E-state index in [4.69, 9.17) is 9.47 Å². The number of rotatable bonds is 4. The van der Waals surface area contributed by atoms with E-state index < -0.39 is 0 Å². The average molecular weight is 310 g/mol. The van der Waals surface area contributed by atoms with Gasteiger partial charge in [-0.3, -0.25) is 4.79 Å². The summed E-state index contributed by atoms with van der Waals surface area (Å²) < 4.78 is 12.4. The monoisotopic (exact) mass is 310 g/mol. The summed E-state index contributed by atoms with van der Waals surface area (Å²) in [5, 5.41) is 3.82. The molecule has 1 amide bonds. The Morgan fingerprint density at radius 3 is 2.61 bits per heavy atom. The van der Waals surface area contributed by atoms with Crippen molar-refractivity contribution in [3.8, 4) is 11.5 Å². The van der Waals surface area contributed by atoms with Gasteiger partial charge in [0, 0.05) is 30.2 Å². The maximum atomic E-state index is 12.7. The zero-order chi connectivity index (χ0) is 16.4. The number of hydrogen-bond acceptors (Lipinski definition) is 3. The quantitative estimate of drug-likeness (QED) is 0.803. The zero-order valence-corrected chi connectivity index (χ0v) is 13.3. The molecule has 23 heavy (non-hydrogen) atoms. The van der Waals surface area contributed by atoms with E-state index in [-0.39, 0.29) is 5.91 Å². The van der Waals surface area contributed by atoms with Crippen LogP contribution in [0.1, 0.15) is 10.4 Å². The van der Waals surface area contributed by atoms with Crippen molar-refractivity contribution in [3.63, 3.8) is 0 Å². The Morgan fingerprint density at radius 2 is 1.87 bits per heavy atom. The van der Waals surface area contributed by atoms with Crippen molar-refractivity contribution < 1.29 is 14.3 Å². The number of carbonyl (C=O) groups excluding carboxylic acids is 1. The van der Waals surface area contributed by atoms with Crippen molar-refractivity contribution in [2.75, 3.05) is 19.5 Å². The van der Waals surface area contributed by atoms with E-state index in [9.17, 15) is 4.79 Å². The van der Waals surface area contributed by atoms with Gasteiger partial charge in [0.2, 0.25) is 0 Å². The number of nitrogens with one attached hydrogen (secondary N) is 1. The molecule has 5 heteroatoms. The predicted molar refractivity (Wildman–Crippen MR) is 90.4 cm³/mol. The van der Waals surface area contributed by atoms with Crippen LogP contribution in [-0.2, 0) is 7.05 Å². The highest BCUT2D eigenvalue weighted by molar-refractivity contribution is 6.13. The maximum Gasteiger partial charge on any atom is 0.257 e. The molecule has 0 aliphatic rings. The van der Waals surface area contributed by atoms with E-state index in [0.717, 1.165) is 10.9 Å². The molecule has 1 N–H and O–H groups in total. The van der Waals surface area contributed by atoms with E-state index in [1.54, 1.807) is 32.4 Å². The first-order valence-electron chi connectivity index (χ1n) is 7.21. The largest absolute Gasteiger partial charge is 0.497 e. The molecule has 1 aromatic heterocycles. The second-order valence-corrected chi connectivity index (χ2v) is 5.19. The molecule has 0 aliphatic carbocycles. The van der Waals surface area contributed by atoms with Crippen LogP contribution in [0, 0.1) is 0 Å². The number of anilines is 1. The molecule has 0 saturated heterocycles. The molecule has 3 aromatic rings. The third-order valence-corrected chi connectivity index (χ3v) is 3.80. The molecular weight excluding hydrogens is 292 g/mol. The molecule has 5 nitrogen and oxygen atoms in total. The lowest BCUT2D eigenvalue weighted by Gasteiger charge is -2.11. The molecule has 0 aliphatic heterocycles. The van der Waals surface area contributed by atoms with Gasteiger partial charge in [-0.15, -0.1) is 0 Å². The van der Waals surface area contributed by atoms with E-state index >= 15 is 0 Å². The topological polar surface area (TPSA) is 52.5 Å². The SMILES string of the molecule is COc1ccc(NC(=O)c2cn(C)c3ccccc23)c(OC)c1. The summed E-state index contributed by atoms with van der Waals surface area (Å²) in [6.45, 7) is 0. The number of benzene rings is 2. The highest BCUT2D eigenvalue weighted by atomic mass is 16.5. The van der Waals surface area contributed by atoms with E-state index in [1.165, 1.54) is 0 Å². The second-order valence-electron chi connectivity index (χ2n) is 5.19. The van der Waals surface area contributed by atoms with Gasteiger partial charge in [0.25, 0.3) is 5.91 Å². The maximum absolute atomic E-state index is 12.7. The Labute approximate surface area is 134 Å². The smallest absolute Gasteiger partial charge is 0.257 e. The van der Waals surface area contributed by atoms with Crippen LogP contribution >= 0.6 is 0 Å².